The summed E-state index contributed by atoms with van der Waals surface area (Å²) in [6, 6.07) is 9.98. The van der Waals surface area contributed by atoms with Crippen LogP contribution in [0.25, 0.3) is 0 Å². The number of hydrogen-bond acceptors (Lipinski definition) is 4. The SMILES string of the molecule is COc1ccc(CC(=O)NCCN(c2c(F)cccc2F)S(C)(=O)=O)cc1. The van der Waals surface area contributed by atoms with Crippen molar-refractivity contribution >= 4 is 21.6 Å². The molecular weight excluding hydrogens is 378 g/mol. The summed E-state index contributed by atoms with van der Waals surface area (Å²) < 4.78 is 57.3. The van der Waals surface area contributed by atoms with Gasteiger partial charge in [0.15, 0.2) is 11.6 Å². The fourth-order valence-corrected chi connectivity index (χ4v) is 3.39. The fourth-order valence-electron chi connectivity index (χ4n) is 2.46. The van der Waals surface area contributed by atoms with Crippen molar-refractivity contribution in [3.63, 3.8) is 0 Å². The summed E-state index contributed by atoms with van der Waals surface area (Å²) in [5, 5.41) is 2.55. The maximum absolute atomic E-state index is 13.9. The van der Waals surface area contributed by atoms with Gasteiger partial charge < -0.3 is 10.1 Å². The summed E-state index contributed by atoms with van der Waals surface area (Å²) in [5.41, 5.74) is 0.0813. The highest BCUT2D eigenvalue weighted by atomic mass is 32.2. The molecule has 6 nitrogen and oxygen atoms in total. The molecule has 0 saturated carbocycles. The molecule has 0 aliphatic rings. The van der Waals surface area contributed by atoms with Gasteiger partial charge in [0.2, 0.25) is 15.9 Å². The van der Waals surface area contributed by atoms with Crippen LogP contribution < -0.4 is 14.4 Å². The van der Waals surface area contributed by atoms with E-state index in [0.29, 0.717) is 10.1 Å². The summed E-state index contributed by atoms with van der Waals surface area (Å²) >= 11 is 0. The lowest BCUT2D eigenvalue weighted by atomic mass is 10.1. The average molecular weight is 398 g/mol. The molecule has 2 aromatic rings. The molecule has 0 aliphatic heterocycles. The molecule has 2 rings (SSSR count). The van der Waals surface area contributed by atoms with Crippen LogP contribution in [0.3, 0.4) is 0 Å². The van der Waals surface area contributed by atoms with Crippen molar-refractivity contribution in [3.8, 4) is 5.75 Å². The molecule has 9 heteroatoms. The summed E-state index contributed by atoms with van der Waals surface area (Å²) in [4.78, 5) is 12.0. The largest absolute Gasteiger partial charge is 0.497 e. The molecular formula is C18H20F2N2O4S. The molecule has 0 spiro atoms. The summed E-state index contributed by atoms with van der Waals surface area (Å²) in [6.45, 7) is -0.402. The van der Waals surface area contributed by atoms with Gasteiger partial charge in [-0.3, -0.25) is 9.10 Å². The van der Waals surface area contributed by atoms with Crippen LogP contribution in [-0.2, 0) is 21.2 Å². The Hall–Kier alpha value is -2.68. The second-order valence-electron chi connectivity index (χ2n) is 5.78. The van der Waals surface area contributed by atoms with Gasteiger partial charge in [-0.15, -0.1) is 0 Å². The Kier molecular flexibility index (Phi) is 6.73. The smallest absolute Gasteiger partial charge is 0.232 e. The van der Waals surface area contributed by atoms with Gasteiger partial charge in [-0.25, -0.2) is 17.2 Å². The van der Waals surface area contributed by atoms with Crippen molar-refractivity contribution in [2.45, 2.75) is 6.42 Å². The normalized spacial score (nSPS) is 11.1. The molecule has 0 heterocycles. The van der Waals surface area contributed by atoms with Crippen LogP contribution in [0.1, 0.15) is 5.56 Å². The number of halogens is 2. The second-order valence-corrected chi connectivity index (χ2v) is 7.69. The number of nitrogens with one attached hydrogen (secondary N) is 1. The number of amides is 1. The van der Waals surface area contributed by atoms with Gasteiger partial charge in [0.05, 0.1) is 26.3 Å². The molecule has 27 heavy (non-hydrogen) atoms. The van der Waals surface area contributed by atoms with E-state index in [0.717, 1.165) is 30.0 Å². The number of hydrogen-bond donors (Lipinski definition) is 1. The molecule has 0 fully saturated rings. The Morgan fingerprint density at radius 3 is 2.22 bits per heavy atom. The zero-order valence-corrected chi connectivity index (χ0v) is 15.7. The first-order chi connectivity index (χ1) is 12.7. The molecule has 0 saturated heterocycles. The van der Waals surface area contributed by atoms with Crippen LogP contribution >= 0.6 is 0 Å². The quantitative estimate of drug-likeness (QED) is 0.739. The molecule has 1 N–H and O–H groups in total. The van der Waals surface area contributed by atoms with E-state index in [1.165, 1.54) is 7.11 Å². The third-order valence-corrected chi connectivity index (χ3v) is 4.91. The highest BCUT2D eigenvalue weighted by Gasteiger charge is 2.24. The highest BCUT2D eigenvalue weighted by molar-refractivity contribution is 7.92. The maximum atomic E-state index is 13.9. The van der Waals surface area contributed by atoms with E-state index in [1.807, 2.05) is 0 Å². The molecule has 0 aromatic heterocycles. The first-order valence-corrected chi connectivity index (χ1v) is 9.88. The summed E-state index contributed by atoms with van der Waals surface area (Å²) in [7, 11) is -2.40. The van der Waals surface area contributed by atoms with Gasteiger partial charge in [-0.05, 0) is 29.8 Å². The van der Waals surface area contributed by atoms with E-state index < -0.39 is 27.3 Å². The van der Waals surface area contributed by atoms with Crippen molar-refractivity contribution in [1.82, 2.24) is 5.32 Å². The Morgan fingerprint density at radius 1 is 1.11 bits per heavy atom. The number of rotatable bonds is 8. The molecule has 0 aliphatic carbocycles. The number of para-hydroxylation sites is 1. The van der Waals surface area contributed by atoms with Crippen LogP contribution in [0.15, 0.2) is 42.5 Å². The molecule has 1 amide bonds. The Morgan fingerprint density at radius 2 is 1.70 bits per heavy atom. The second kappa shape index (κ2) is 8.81. The summed E-state index contributed by atoms with van der Waals surface area (Å²) in [5.74, 6) is -1.67. The van der Waals surface area contributed by atoms with E-state index in [9.17, 15) is 22.0 Å². The average Bonchev–Trinajstić information content (AvgIpc) is 2.60. The molecule has 146 valence electrons. The third-order valence-electron chi connectivity index (χ3n) is 3.75. The number of methoxy groups -OCH3 is 1. The number of sulfonamides is 1. The number of carbonyl (C=O) groups excluding carboxylic acids is 1. The van der Waals surface area contributed by atoms with Crippen molar-refractivity contribution in [1.29, 1.82) is 0 Å². The van der Waals surface area contributed by atoms with E-state index in [1.54, 1.807) is 24.3 Å². The Labute approximate surface area is 156 Å². The van der Waals surface area contributed by atoms with E-state index in [4.69, 9.17) is 4.74 Å². The molecule has 0 radical (unpaired) electrons. The van der Waals surface area contributed by atoms with Crippen molar-refractivity contribution < 1.29 is 26.7 Å². The van der Waals surface area contributed by atoms with Crippen LogP contribution in [0.5, 0.6) is 5.75 Å². The van der Waals surface area contributed by atoms with Gasteiger partial charge >= 0.3 is 0 Å². The lowest BCUT2D eigenvalue weighted by Crippen LogP contribution is -2.39. The van der Waals surface area contributed by atoms with Gasteiger partial charge in [-0.2, -0.15) is 0 Å². The zero-order valence-electron chi connectivity index (χ0n) is 14.9. The minimum absolute atomic E-state index is 0.0803. The molecule has 0 atom stereocenters. The van der Waals surface area contributed by atoms with Gasteiger partial charge in [0, 0.05) is 6.54 Å². The number of carbonyl (C=O) groups is 1. The van der Waals surface area contributed by atoms with Crippen LogP contribution in [0.2, 0.25) is 0 Å². The predicted molar refractivity (Wildman–Crippen MR) is 98.3 cm³/mol. The number of ether oxygens (including phenoxy) is 1. The molecule has 0 bridgehead atoms. The third kappa shape index (κ3) is 5.65. The maximum Gasteiger partial charge on any atom is 0.232 e. The first-order valence-electron chi connectivity index (χ1n) is 8.03. The minimum Gasteiger partial charge on any atom is -0.497 e. The molecule has 0 unspecified atom stereocenters. The van der Waals surface area contributed by atoms with E-state index >= 15 is 0 Å². The molecule has 2 aromatic carbocycles. The van der Waals surface area contributed by atoms with Crippen LogP contribution in [-0.4, -0.2) is 40.8 Å². The van der Waals surface area contributed by atoms with Gasteiger partial charge in [0.1, 0.15) is 11.4 Å². The lowest BCUT2D eigenvalue weighted by molar-refractivity contribution is -0.120. The summed E-state index contributed by atoms with van der Waals surface area (Å²) in [6.07, 6.45) is 0.926. The Bertz CT molecular complexity index is 882. The van der Waals surface area contributed by atoms with Crippen LogP contribution in [0.4, 0.5) is 14.5 Å². The van der Waals surface area contributed by atoms with E-state index in [2.05, 4.69) is 5.32 Å². The van der Waals surface area contributed by atoms with Crippen molar-refractivity contribution in [2.75, 3.05) is 30.8 Å². The standard InChI is InChI=1S/C18H20F2N2O4S/c1-26-14-8-6-13(7-9-14)12-17(23)21-10-11-22(27(2,24)25)18-15(19)4-3-5-16(18)20/h3-9H,10-12H2,1-2H3,(H,21,23). The minimum atomic E-state index is -3.94. The topological polar surface area (TPSA) is 75.7 Å². The number of benzene rings is 2. The highest BCUT2D eigenvalue weighted by Crippen LogP contribution is 2.25. The first kappa shape index (κ1) is 20.6. The predicted octanol–water partition coefficient (Wildman–Crippen LogP) is 2.10. The Balaban J connectivity index is 2.00. The van der Waals surface area contributed by atoms with Gasteiger partial charge in [-0.1, -0.05) is 18.2 Å². The van der Waals surface area contributed by atoms with Crippen molar-refractivity contribution in [2.24, 2.45) is 0 Å². The number of nitrogens with zero attached hydrogens (tertiary/aromatic N) is 1. The van der Waals surface area contributed by atoms with Gasteiger partial charge in [0.25, 0.3) is 0 Å². The van der Waals surface area contributed by atoms with E-state index in [-0.39, 0.29) is 25.4 Å². The number of anilines is 1. The lowest BCUT2D eigenvalue weighted by Gasteiger charge is -2.23. The monoisotopic (exact) mass is 398 g/mol. The van der Waals surface area contributed by atoms with Crippen LogP contribution in [0, 0.1) is 11.6 Å². The zero-order chi connectivity index (χ0) is 20.0. The van der Waals surface area contributed by atoms with Crippen molar-refractivity contribution in [3.05, 3.63) is 59.7 Å². The fraction of sp³-hybridized carbons (Fsp3) is 0.278.